The molecule has 0 spiro atoms. The Morgan fingerprint density at radius 1 is 1.60 bits per heavy atom. The lowest BCUT2D eigenvalue weighted by atomic mass is 10.2. The maximum atomic E-state index is 10.9. The molecule has 0 aliphatic carbocycles. The Morgan fingerprint density at radius 2 is 2.40 bits per heavy atom. The highest BCUT2D eigenvalue weighted by molar-refractivity contribution is 7.16. The molecular formula is C9H9N3O2S. The van der Waals surface area contributed by atoms with Crippen molar-refractivity contribution in [3.63, 3.8) is 0 Å². The fourth-order valence-corrected chi connectivity index (χ4v) is 2.11. The Bertz CT molecular complexity index is 509. The Morgan fingerprint density at radius 3 is 3.07 bits per heavy atom. The molecule has 1 aromatic carbocycles. The molecule has 0 aliphatic heterocycles. The minimum atomic E-state index is -0.389. The molecule has 0 fully saturated rings. The molecule has 2 aromatic rings. The van der Waals surface area contributed by atoms with Gasteiger partial charge in [0.25, 0.3) is 0 Å². The predicted molar refractivity (Wildman–Crippen MR) is 60.4 cm³/mol. The average Bonchev–Trinajstić information content (AvgIpc) is 2.64. The van der Waals surface area contributed by atoms with E-state index in [1.165, 1.54) is 11.3 Å². The van der Waals surface area contributed by atoms with Crippen LogP contribution in [0.2, 0.25) is 0 Å². The van der Waals surface area contributed by atoms with Gasteiger partial charge in [-0.05, 0) is 19.1 Å². The second-order valence-corrected chi connectivity index (χ2v) is 3.83. The van der Waals surface area contributed by atoms with Crippen LogP contribution in [0.5, 0.6) is 0 Å². The van der Waals surface area contributed by atoms with Crippen LogP contribution in [0.3, 0.4) is 0 Å². The monoisotopic (exact) mass is 223 g/mol. The summed E-state index contributed by atoms with van der Waals surface area (Å²) in [4.78, 5) is 14.6. The van der Waals surface area contributed by atoms with Gasteiger partial charge in [0.2, 0.25) is 0 Å². The van der Waals surface area contributed by atoms with Crippen molar-refractivity contribution in [1.29, 1.82) is 0 Å². The van der Waals surface area contributed by atoms with Crippen molar-refractivity contribution in [1.82, 2.24) is 4.98 Å². The zero-order valence-corrected chi connectivity index (χ0v) is 8.87. The highest BCUT2D eigenvalue weighted by atomic mass is 32.1. The molecule has 78 valence electrons. The molecule has 1 heterocycles. The molecular weight excluding hydrogens is 214 g/mol. The summed E-state index contributed by atoms with van der Waals surface area (Å²) in [7, 11) is 0. The number of anilines is 1. The quantitative estimate of drug-likeness (QED) is 0.641. The van der Waals surface area contributed by atoms with Crippen molar-refractivity contribution < 1.29 is 4.92 Å². The van der Waals surface area contributed by atoms with E-state index in [0.717, 1.165) is 4.70 Å². The van der Waals surface area contributed by atoms with Gasteiger partial charge in [0, 0.05) is 6.54 Å². The van der Waals surface area contributed by atoms with E-state index < -0.39 is 0 Å². The van der Waals surface area contributed by atoms with Gasteiger partial charge in [0.15, 0.2) is 5.52 Å². The van der Waals surface area contributed by atoms with Gasteiger partial charge in [-0.1, -0.05) is 0 Å². The van der Waals surface area contributed by atoms with E-state index in [1.54, 1.807) is 11.6 Å². The lowest BCUT2D eigenvalue weighted by Crippen LogP contribution is -2.01. The van der Waals surface area contributed by atoms with E-state index in [9.17, 15) is 10.1 Å². The van der Waals surface area contributed by atoms with Crippen molar-refractivity contribution >= 4 is 32.9 Å². The zero-order valence-electron chi connectivity index (χ0n) is 8.06. The molecule has 0 radical (unpaired) electrons. The maximum Gasteiger partial charge on any atom is 0.319 e. The van der Waals surface area contributed by atoms with Crippen molar-refractivity contribution in [2.45, 2.75) is 6.92 Å². The van der Waals surface area contributed by atoms with Crippen molar-refractivity contribution in [2.75, 3.05) is 11.9 Å². The first-order valence-electron chi connectivity index (χ1n) is 4.48. The zero-order chi connectivity index (χ0) is 10.8. The molecule has 0 saturated heterocycles. The molecule has 0 saturated carbocycles. The van der Waals surface area contributed by atoms with E-state index in [4.69, 9.17) is 0 Å². The van der Waals surface area contributed by atoms with E-state index in [-0.39, 0.29) is 10.6 Å². The van der Waals surface area contributed by atoms with Crippen LogP contribution in [0.1, 0.15) is 6.92 Å². The third-order valence-electron chi connectivity index (χ3n) is 2.03. The van der Waals surface area contributed by atoms with E-state index >= 15 is 0 Å². The van der Waals surface area contributed by atoms with Crippen LogP contribution in [0, 0.1) is 10.1 Å². The molecule has 5 nitrogen and oxygen atoms in total. The van der Waals surface area contributed by atoms with Crippen LogP contribution in [0.4, 0.5) is 11.4 Å². The topological polar surface area (TPSA) is 68.1 Å². The molecule has 1 N–H and O–H groups in total. The number of nitrogens with one attached hydrogen (secondary N) is 1. The Hall–Kier alpha value is -1.69. The fraction of sp³-hybridized carbons (Fsp3) is 0.222. The lowest BCUT2D eigenvalue weighted by molar-refractivity contribution is -0.382. The van der Waals surface area contributed by atoms with Gasteiger partial charge in [-0.25, -0.2) is 4.98 Å². The summed E-state index contributed by atoms with van der Waals surface area (Å²) in [5.74, 6) is 0. The molecule has 0 amide bonds. The molecule has 0 aliphatic rings. The van der Waals surface area contributed by atoms with Gasteiger partial charge in [-0.15, -0.1) is 11.3 Å². The van der Waals surface area contributed by atoms with E-state index in [0.29, 0.717) is 17.7 Å². The Balaban J connectivity index is 2.69. The smallest absolute Gasteiger partial charge is 0.319 e. The fourth-order valence-electron chi connectivity index (χ4n) is 1.43. The summed E-state index contributed by atoms with van der Waals surface area (Å²) >= 11 is 1.40. The van der Waals surface area contributed by atoms with Crippen molar-refractivity contribution in [3.05, 3.63) is 27.8 Å². The van der Waals surface area contributed by atoms with Crippen LogP contribution >= 0.6 is 11.3 Å². The van der Waals surface area contributed by atoms with Crippen molar-refractivity contribution in [3.8, 4) is 0 Å². The molecule has 6 heteroatoms. The molecule has 0 bridgehead atoms. The van der Waals surface area contributed by atoms with Crippen LogP contribution in [-0.4, -0.2) is 16.5 Å². The van der Waals surface area contributed by atoms with Gasteiger partial charge in [0.05, 0.1) is 15.1 Å². The van der Waals surface area contributed by atoms with Crippen molar-refractivity contribution in [2.24, 2.45) is 0 Å². The number of fused-ring (bicyclic) bond motifs is 1. The third-order valence-corrected chi connectivity index (χ3v) is 2.82. The summed E-state index contributed by atoms with van der Waals surface area (Å²) in [6.07, 6.45) is 0. The second kappa shape index (κ2) is 3.82. The normalized spacial score (nSPS) is 10.5. The number of hydrogen-bond acceptors (Lipinski definition) is 5. The van der Waals surface area contributed by atoms with Gasteiger partial charge in [-0.2, -0.15) is 0 Å². The number of thiazole rings is 1. The third kappa shape index (κ3) is 1.63. The minimum Gasteiger partial charge on any atom is -0.380 e. The predicted octanol–water partition coefficient (Wildman–Crippen LogP) is 2.64. The van der Waals surface area contributed by atoms with Crippen LogP contribution < -0.4 is 5.32 Å². The summed E-state index contributed by atoms with van der Waals surface area (Å²) in [6, 6.07) is 3.57. The summed E-state index contributed by atoms with van der Waals surface area (Å²) < 4.78 is 0.836. The van der Waals surface area contributed by atoms with Crippen LogP contribution in [0.15, 0.2) is 17.6 Å². The highest BCUT2D eigenvalue weighted by Gasteiger charge is 2.19. The first-order chi connectivity index (χ1) is 7.24. The van der Waals surface area contributed by atoms with Crippen LogP contribution in [-0.2, 0) is 0 Å². The van der Waals surface area contributed by atoms with Gasteiger partial charge in [0.1, 0.15) is 5.69 Å². The molecule has 0 unspecified atom stereocenters. The first kappa shape index (κ1) is 9.85. The number of benzene rings is 1. The number of nitro benzene ring substituents is 1. The lowest BCUT2D eigenvalue weighted by Gasteiger charge is -2.03. The largest absolute Gasteiger partial charge is 0.380 e. The second-order valence-electron chi connectivity index (χ2n) is 2.95. The molecule has 2 rings (SSSR count). The first-order valence-corrected chi connectivity index (χ1v) is 5.36. The van der Waals surface area contributed by atoms with Gasteiger partial charge >= 0.3 is 5.69 Å². The number of nitro groups is 1. The Kier molecular flexibility index (Phi) is 2.51. The number of hydrogen-bond donors (Lipinski definition) is 1. The summed E-state index contributed by atoms with van der Waals surface area (Å²) in [5, 5.41) is 13.9. The summed E-state index contributed by atoms with van der Waals surface area (Å²) in [6.45, 7) is 2.55. The summed E-state index contributed by atoms with van der Waals surface area (Å²) in [5.41, 5.74) is 2.67. The molecule has 1 aromatic heterocycles. The average molecular weight is 223 g/mol. The van der Waals surface area contributed by atoms with E-state index in [2.05, 4.69) is 10.3 Å². The van der Waals surface area contributed by atoms with Crippen LogP contribution in [0.25, 0.3) is 10.2 Å². The highest BCUT2D eigenvalue weighted by Crippen LogP contribution is 2.33. The van der Waals surface area contributed by atoms with Gasteiger partial charge in [-0.3, -0.25) is 10.1 Å². The Labute approximate surface area is 89.9 Å². The van der Waals surface area contributed by atoms with E-state index in [1.807, 2.05) is 13.0 Å². The molecule has 0 atom stereocenters. The molecule has 15 heavy (non-hydrogen) atoms. The number of aromatic nitrogens is 1. The minimum absolute atomic E-state index is 0.0654. The van der Waals surface area contributed by atoms with Gasteiger partial charge < -0.3 is 5.32 Å². The maximum absolute atomic E-state index is 10.9. The SMILES string of the molecule is CCNc1ccc2scnc2c1[N+](=O)[O-]. The number of rotatable bonds is 3. The number of nitrogens with zero attached hydrogens (tertiary/aromatic N) is 2. The standard InChI is InChI=1S/C9H9N3O2S/c1-2-10-6-3-4-7-8(11-5-15-7)9(6)12(13)14/h3-5,10H,2H2,1H3.